The number of ether oxygens (including phenoxy) is 1. The number of alkyl carbamates (subject to hydrolysis) is 1. The van der Waals surface area contributed by atoms with Gasteiger partial charge < -0.3 is 19.4 Å². The minimum absolute atomic E-state index is 0.144. The molecule has 0 radical (unpaired) electrons. The van der Waals surface area contributed by atoms with Crippen LogP contribution in [0.2, 0.25) is 0 Å². The van der Waals surface area contributed by atoms with Gasteiger partial charge in [0.1, 0.15) is 17.4 Å². The molecule has 1 aromatic rings. The van der Waals surface area contributed by atoms with Crippen molar-refractivity contribution in [3.63, 3.8) is 0 Å². The lowest BCUT2D eigenvalue weighted by atomic mass is 9.77. The average Bonchev–Trinajstić information content (AvgIpc) is 2.78. The number of carbonyl (C=O) groups excluding carboxylic acids is 1. The van der Waals surface area contributed by atoms with Crippen LogP contribution in [0, 0.1) is 11.3 Å². The van der Waals surface area contributed by atoms with Crippen molar-refractivity contribution in [3.05, 3.63) is 35.1 Å². The molecule has 28 heavy (non-hydrogen) atoms. The van der Waals surface area contributed by atoms with Gasteiger partial charge in [-0.1, -0.05) is 12.1 Å². The molecule has 8 heteroatoms. The molecule has 0 unspecified atom stereocenters. The zero-order chi connectivity index (χ0) is 21.2. The molecule has 1 amide bonds. The van der Waals surface area contributed by atoms with E-state index in [4.69, 9.17) is 14.0 Å². The van der Waals surface area contributed by atoms with Gasteiger partial charge in [-0.15, -0.1) is 0 Å². The van der Waals surface area contributed by atoms with Crippen molar-refractivity contribution in [3.8, 4) is 6.07 Å². The van der Waals surface area contributed by atoms with Crippen molar-refractivity contribution in [2.75, 3.05) is 6.54 Å². The number of nitrogens with one attached hydrogen (secondary N) is 1. The number of nitriles is 1. The molecule has 0 saturated carbocycles. The Balaban J connectivity index is 2.30. The Hall–Kier alpha value is -2.37. The van der Waals surface area contributed by atoms with E-state index in [0.717, 1.165) is 0 Å². The zero-order valence-electron chi connectivity index (χ0n) is 17.6. The Bertz CT molecular complexity index is 790. The Morgan fingerprint density at radius 1 is 1.32 bits per heavy atom. The van der Waals surface area contributed by atoms with E-state index in [1.807, 2.05) is 27.7 Å². The van der Waals surface area contributed by atoms with Crippen molar-refractivity contribution in [2.24, 2.45) is 0 Å². The molecule has 1 fully saturated rings. The largest absolute Gasteiger partial charge is 0.492 e. The van der Waals surface area contributed by atoms with Gasteiger partial charge >= 0.3 is 13.2 Å². The molecular formula is C20H28BN3O4. The zero-order valence-corrected chi connectivity index (χ0v) is 17.6. The SMILES string of the molecule is CC(C)(C)OC(=O)NCC(=Cc1cccnc1C#N)B1OC(C)(C)C(C)(C)O1. The third-order valence-electron chi connectivity index (χ3n) is 4.68. The summed E-state index contributed by atoms with van der Waals surface area (Å²) in [5.74, 6) is 0. The highest BCUT2D eigenvalue weighted by Gasteiger charge is 2.52. The summed E-state index contributed by atoms with van der Waals surface area (Å²) in [6.07, 6.45) is 2.79. The van der Waals surface area contributed by atoms with Crippen molar-refractivity contribution in [2.45, 2.75) is 65.3 Å². The molecule has 1 aromatic heterocycles. The summed E-state index contributed by atoms with van der Waals surface area (Å²) in [5, 5.41) is 12.1. The maximum absolute atomic E-state index is 12.1. The molecule has 0 spiro atoms. The van der Waals surface area contributed by atoms with Crippen LogP contribution in [-0.4, -0.2) is 41.5 Å². The molecule has 1 aliphatic rings. The summed E-state index contributed by atoms with van der Waals surface area (Å²) in [6.45, 7) is 13.4. The highest BCUT2D eigenvalue weighted by Crippen LogP contribution is 2.38. The second kappa shape index (κ2) is 7.94. The fourth-order valence-electron chi connectivity index (χ4n) is 2.51. The first-order chi connectivity index (χ1) is 12.8. The molecule has 1 saturated heterocycles. The second-order valence-corrected chi connectivity index (χ2v) is 8.72. The Labute approximate surface area is 167 Å². The van der Waals surface area contributed by atoms with Gasteiger partial charge in [0, 0.05) is 18.3 Å². The van der Waals surface area contributed by atoms with Gasteiger partial charge in [0.25, 0.3) is 0 Å². The van der Waals surface area contributed by atoms with E-state index < -0.39 is 30.0 Å². The predicted molar refractivity (Wildman–Crippen MR) is 107 cm³/mol. The fourth-order valence-corrected chi connectivity index (χ4v) is 2.51. The van der Waals surface area contributed by atoms with E-state index in [1.165, 1.54) is 0 Å². The number of rotatable bonds is 4. The molecule has 0 aromatic carbocycles. The van der Waals surface area contributed by atoms with Crippen LogP contribution in [0.1, 0.15) is 59.7 Å². The molecule has 0 aliphatic carbocycles. The van der Waals surface area contributed by atoms with Crippen LogP contribution < -0.4 is 5.32 Å². The van der Waals surface area contributed by atoms with Gasteiger partial charge in [0.05, 0.1) is 11.2 Å². The van der Waals surface area contributed by atoms with E-state index in [1.54, 1.807) is 45.2 Å². The summed E-state index contributed by atoms with van der Waals surface area (Å²) in [5.41, 5.74) is -0.0930. The third-order valence-corrected chi connectivity index (χ3v) is 4.68. The Morgan fingerprint density at radius 3 is 2.46 bits per heavy atom. The number of nitrogens with zero attached hydrogens (tertiary/aromatic N) is 2. The molecular weight excluding hydrogens is 357 g/mol. The summed E-state index contributed by atoms with van der Waals surface area (Å²) in [6, 6.07) is 5.60. The van der Waals surface area contributed by atoms with Crippen LogP contribution in [0.25, 0.3) is 6.08 Å². The van der Waals surface area contributed by atoms with Gasteiger partial charge in [0.15, 0.2) is 0 Å². The Kier molecular flexibility index (Phi) is 6.22. The van der Waals surface area contributed by atoms with Crippen molar-refractivity contribution in [1.29, 1.82) is 5.26 Å². The van der Waals surface area contributed by atoms with Crippen LogP contribution in [-0.2, 0) is 14.0 Å². The van der Waals surface area contributed by atoms with E-state index in [-0.39, 0.29) is 12.2 Å². The summed E-state index contributed by atoms with van der Waals surface area (Å²) in [7, 11) is -0.674. The molecule has 0 atom stereocenters. The van der Waals surface area contributed by atoms with Gasteiger partial charge in [-0.05, 0) is 60.0 Å². The number of amides is 1. The normalized spacial score (nSPS) is 18.5. The van der Waals surface area contributed by atoms with E-state index in [2.05, 4.69) is 16.4 Å². The monoisotopic (exact) mass is 385 g/mol. The van der Waals surface area contributed by atoms with Gasteiger partial charge in [-0.2, -0.15) is 5.26 Å². The highest BCUT2D eigenvalue weighted by molar-refractivity contribution is 6.56. The first-order valence-corrected chi connectivity index (χ1v) is 9.23. The number of pyridine rings is 1. The van der Waals surface area contributed by atoms with Crippen LogP contribution in [0.5, 0.6) is 0 Å². The molecule has 2 rings (SSSR count). The van der Waals surface area contributed by atoms with Crippen molar-refractivity contribution in [1.82, 2.24) is 10.3 Å². The van der Waals surface area contributed by atoms with Crippen LogP contribution in [0.15, 0.2) is 23.8 Å². The lowest BCUT2D eigenvalue weighted by Crippen LogP contribution is -2.41. The lowest BCUT2D eigenvalue weighted by molar-refractivity contribution is 0.00578. The molecule has 7 nitrogen and oxygen atoms in total. The molecule has 1 N–H and O–H groups in total. The minimum atomic E-state index is -0.674. The molecule has 2 heterocycles. The van der Waals surface area contributed by atoms with Crippen LogP contribution in [0.3, 0.4) is 0 Å². The number of aromatic nitrogens is 1. The highest BCUT2D eigenvalue weighted by atomic mass is 16.7. The lowest BCUT2D eigenvalue weighted by Gasteiger charge is -2.32. The van der Waals surface area contributed by atoms with Crippen molar-refractivity contribution >= 4 is 19.3 Å². The van der Waals surface area contributed by atoms with Gasteiger partial charge in [-0.25, -0.2) is 9.78 Å². The molecule has 150 valence electrons. The first-order valence-electron chi connectivity index (χ1n) is 9.23. The van der Waals surface area contributed by atoms with Gasteiger partial charge in [-0.3, -0.25) is 0 Å². The summed E-state index contributed by atoms with van der Waals surface area (Å²) in [4.78, 5) is 16.2. The number of hydrogen-bond donors (Lipinski definition) is 1. The Morgan fingerprint density at radius 2 is 1.93 bits per heavy atom. The van der Waals surface area contributed by atoms with Gasteiger partial charge in [0.2, 0.25) is 0 Å². The van der Waals surface area contributed by atoms with E-state index in [9.17, 15) is 10.1 Å². The van der Waals surface area contributed by atoms with Crippen LogP contribution >= 0.6 is 0 Å². The van der Waals surface area contributed by atoms with Crippen molar-refractivity contribution < 1.29 is 18.8 Å². The summed E-state index contributed by atoms with van der Waals surface area (Å²) < 4.78 is 17.5. The number of carbonyl (C=O) groups is 1. The van der Waals surface area contributed by atoms with E-state index in [0.29, 0.717) is 11.0 Å². The maximum atomic E-state index is 12.1. The maximum Gasteiger partial charge on any atom is 0.492 e. The minimum Gasteiger partial charge on any atom is -0.444 e. The van der Waals surface area contributed by atoms with E-state index >= 15 is 0 Å². The average molecular weight is 385 g/mol. The number of hydrogen-bond acceptors (Lipinski definition) is 6. The molecule has 1 aliphatic heterocycles. The predicted octanol–water partition coefficient (Wildman–Crippen LogP) is 3.49. The topological polar surface area (TPSA) is 93.5 Å². The van der Waals surface area contributed by atoms with Crippen LogP contribution in [0.4, 0.5) is 4.79 Å². The standard InChI is InChI=1S/C20H28BN3O4/c1-18(2,3)26-17(25)24-13-15(11-14-9-8-10-23-16(14)12-22)21-27-19(4,5)20(6,7)28-21/h8-11H,13H2,1-7H3,(H,24,25). The fraction of sp³-hybridized carbons (Fsp3) is 0.550. The smallest absolute Gasteiger partial charge is 0.444 e. The summed E-state index contributed by atoms with van der Waals surface area (Å²) >= 11 is 0. The second-order valence-electron chi connectivity index (χ2n) is 8.72. The molecule has 0 bridgehead atoms. The first kappa shape index (κ1) is 21.9. The third kappa shape index (κ3) is 5.34. The quantitative estimate of drug-likeness (QED) is 0.798.